The summed E-state index contributed by atoms with van der Waals surface area (Å²) >= 11 is 1.85. The van der Waals surface area contributed by atoms with Crippen LogP contribution >= 0.6 is 11.3 Å². The first-order valence-electron chi connectivity index (χ1n) is 5.86. The number of aromatic nitrogens is 1. The highest BCUT2D eigenvalue weighted by Crippen LogP contribution is 2.16. The lowest BCUT2D eigenvalue weighted by Gasteiger charge is -2.00. The molecule has 0 unspecified atom stereocenters. The molecule has 86 valence electrons. The van der Waals surface area contributed by atoms with Gasteiger partial charge < -0.3 is 5.32 Å². The van der Waals surface area contributed by atoms with Crippen LogP contribution in [-0.4, -0.2) is 11.5 Å². The molecule has 0 aromatic carbocycles. The predicted molar refractivity (Wildman–Crippen MR) is 67.3 cm³/mol. The van der Waals surface area contributed by atoms with Crippen molar-refractivity contribution >= 4 is 11.3 Å². The average molecular weight is 226 g/mol. The molecule has 0 aliphatic rings. The van der Waals surface area contributed by atoms with E-state index < -0.39 is 0 Å². The van der Waals surface area contributed by atoms with E-state index in [2.05, 4.69) is 31.1 Å². The molecule has 0 spiro atoms. The molecule has 1 aromatic rings. The highest BCUT2D eigenvalue weighted by molar-refractivity contribution is 7.11. The van der Waals surface area contributed by atoms with Gasteiger partial charge in [-0.1, -0.05) is 20.8 Å². The summed E-state index contributed by atoms with van der Waals surface area (Å²) in [5, 5.41) is 4.69. The zero-order chi connectivity index (χ0) is 11.1. The van der Waals surface area contributed by atoms with E-state index in [9.17, 15) is 0 Å². The zero-order valence-corrected chi connectivity index (χ0v) is 10.9. The number of thiazole rings is 1. The molecule has 0 fully saturated rings. The van der Waals surface area contributed by atoms with Crippen LogP contribution in [0.4, 0.5) is 0 Å². The van der Waals surface area contributed by atoms with Gasteiger partial charge in [0.15, 0.2) is 0 Å². The van der Waals surface area contributed by atoms with Crippen LogP contribution in [0.2, 0.25) is 0 Å². The molecular formula is C12H22N2S. The molecule has 3 heteroatoms. The number of rotatable bonds is 7. The molecule has 0 saturated carbocycles. The normalized spacial score (nSPS) is 11.2. The molecular weight excluding hydrogens is 204 g/mol. The molecule has 0 radical (unpaired) electrons. The molecule has 1 heterocycles. The fourth-order valence-corrected chi connectivity index (χ4v) is 2.25. The number of aryl methyl sites for hydroxylation is 1. The Hall–Kier alpha value is -0.410. The summed E-state index contributed by atoms with van der Waals surface area (Å²) < 4.78 is 0. The highest BCUT2D eigenvalue weighted by atomic mass is 32.1. The maximum atomic E-state index is 4.45. The van der Waals surface area contributed by atoms with E-state index in [4.69, 9.17) is 0 Å². The first-order valence-corrected chi connectivity index (χ1v) is 6.68. The molecule has 1 aromatic heterocycles. The van der Waals surface area contributed by atoms with Gasteiger partial charge in [-0.05, 0) is 31.7 Å². The largest absolute Gasteiger partial charge is 0.312 e. The molecule has 0 aliphatic heterocycles. The lowest BCUT2D eigenvalue weighted by molar-refractivity contribution is 0.585. The smallest absolute Gasteiger partial charge is 0.0928 e. The second-order valence-corrected chi connectivity index (χ2v) is 5.53. The van der Waals surface area contributed by atoms with Crippen molar-refractivity contribution in [1.82, 2.24) is 10.3 Å². The van der Waals surface area contributed by atoms with Crippen LogP contribution in [0.25, 0.3) is 0 Å². The van der Waals surface area contributed by atoms with Crippen LogP contribution < -0.4 is 5.32 Å². The van der Waals surface area contributed by atoms with E-state index in [1.165, 1.54) is 22.7 Å². The molecule has 1 N–H and O–H groups in total. The summed E-state index contributed by atoms with van der Waals surface area (Å²) in [4.78, 5) is 5.81. The van der Waals surface area contributed by atoms with Gasteiger partial charge in [-0.3, -0.25) is 0 Å². The topological polar surface area (TPSA) is 24.9 Å². The van der Waals surface area contributed by atoms with Crippen molar-refractivity contribution in [3.05, 3.63) is 16.1 Å². The maximum absolute atomic E-state index is 4.45. The second-order valence-electron chi connectivity index (χ2n) is 4.33. The molecule has 0 amide bonds. The summed E-state index contributed by atoms with van der Waals surface area (Å²) in [6.45, 7) is 8.79. The zero-order valence-electron chi connectivity index (χ0n) is 10.0. The van der Waals surface area contributed by atoms with Crippen LogP contribution in [0.15, 0.2) is 6.20 Å². The van der Waals surface area contributed by atoms with Crippen molar-refractivity contribution in [3.63, 3.8) is 0 Å². The standard InChI is InChI=1S/C12H22N2S/c1-4-7-13-8-11-9-14-12(15-11)6-5-10(2)3/h9-10,13H,4-8H2,1-3H3. The SMILES string of the molecule is CCCNCc1cnc(CCC(C)C)s1. The minimum Gasteiger partial charge on any atom is -0.312 e. The fourth-order valence-electron chi connectivity index (χ4n) is 1.35. The molecule has 0 bridgehead atoms. The van der Waals surface area contributed by atoms with Gasteiger partial charge in [0.1, 0.15) is 0 Å². The van der Waals surface area contributed by atoms with E-state index in [1.54, 1.807) is 0 Å². The summed E-state index contributed by atoms with van der Waals surface area (Å²) in [6, 6.07) is 0. The van der Waals surface area contributed by atoms with Gasteiger partial charge >= 0.3 is 0 Å². The number of nitrogens with zero attached hydrogens (tertiary/aromatic N) is 1. The van der Waals surface area contributed by atoms with Crippen LogP contribution in [0.1, 0.15) is 43.5 Å². The Labute approximate surface area is 97.1 Å². The summed E-state index contributed by atoms with van der Waals surface area (Å²) in [5.41, 5.74) is 0. The first-order chi connectivity index (χ1) is 7.22. The van der Waals surface area contributed by atoms with E-state index in [0.717, 1.165) is 25.4 Å². The fraction of sp³-hybridized carbons (Fsp3) is 0.750. The summed E-state index contributed by atoms with van der Waals surface area (Å²) in [7, 11) is 0. The summed E-state index contributed by atoms with van der Waals surface area (Å²) in [5.74, 6) is 0.774. The van der Waals surface area contributed by atoms with Crippen molar-refractivity contribution in [2.45, 2.75) is 46.6 Å². The monoisotopic (exact) mass is 226 g/mol. The molecule has 15 heavy (non-hydrogen) atoms. The first kappa shape index (κ1) is 12.7. The van der Waals surface area contributed by atoms with Crippen LogP contribution in [0, 0.1) is 5.92 Å². The summed E-state index contributed by atoms with van der Waals surface area (Å²) in [6.07, 6.45) is 5.59. The van der Waals surface area contributed by atoms with E-state index >= 15 is 0 Å². The Balaban J connectivity index is 2.29. The molecule has 2 nitrogen and oxygen atoms in total. The van der Waals surface area contributed by atoms with Crippen LogP contribution in [-0.2, 0) is 13.0 Å². The maximum Gasteiger partial charge on any atom is 0.0928 e. The van der Waals surface area contributed by atoms with Gasteiger partial charge in [-0.15, -0.1) is 11.3 Å². The molecule has 1 rings (SSSR count). The third-order valence-corrected chi connectivity index (χ3v) is 3.32. The minimum absolute atomic E-state index is 0.774. The lowest BCUT2D eigenvalue weighted by Crippen LogP contribution is -2.12. The van der Waals surface area contributed by atoms with Gasteiger partial charge in [-0.25, -0.2) is 4.98 Å². The minimum atomic E-state index is 0.774. The van der Waals surface area contributed by atoms with Crippen molar-refractivity contribution in [2.24, 2.45) is 5.92 Å². The van der Waals surface area contributed by atoms with Gasteiger partial charge in [0.2, 0.25) is 0 Å². The van der Waals surface area contributed by atoms with Gasteiger partial charge in [0.05, 0.1) is 5.01 Å². The number of hydrogen-bond donors (Lipinski definition) is 1. The Kier molecular flexibility index (Phi) is 5.88. The Morgan fingerprint density at radius 2 is 2.27 bits per heavy atom. The number of nitrogens with one attached hydrogen (secondary N) is 1. The Bertz CT molecular complexity index is 268. The van der Waals surface area contributed by atoms with E-state index in [0.29, 0.717) is 0 Å². The van der Waals surface area contributed by atoms with Gasteiger partial charge in [0, 0.05) is 17.6 Å². The average Bonchev–Trinajstić information content (AvgIpc) is 2.63. The van der Waals surface area contributed by atoms with Crippen molar-refractivity contribution < 1.29 is 0 Å². The van der Waals surface area contributed by atoms with E-state index in [1.807, 2.05) is 17.5 Å². The Morgan fingerprint density at radius 1 is 1.47 bits per heavy atom. The lowest BCUT2D eigenvalue weighted by atomic mass is 10.1. The molecule has 0 saturated heterocycles. The van der Waals surface area contributed by atoms with Crippen LogP contribution in [0.5, 0.6) is 0 Å². The van der Waals surface area contributed by atoms with Crippen molar-refractivity contribution in [1.29, 1.82) is 0 Å². The highest BCUT2D eigenvalue weighted by Gasteiger charge is 2.02. The van der Waals surface area contributed by atoms with Crippen molar-refractivity contribution in [3.8, 4) is 0 Å². The Morgan fingerprint density at radius 3 is 2.93 bits per heavy atom. The molecule has 0 aliphatic carbocycles. The third-order valence-electron chi connectivity index (χ3n) is 2.26. The third kappa shape index (κ3) is 5.28. The quantitative estimate of drug-likeness (QED) is 0.722. The van der Waals surface area contributed by atoms with E-state index in [-0.39, 0.29) is 0 Å². The van der Waals surface area contributed by atoms with Crippen molar-refractivity contribution in [2.75, 3.05) is 6.54 Å². The van der Waals surface area contributed by atoms with Crippen LogP contribution in [0.3, 0.4) is 0 Å². The second kappa shape index (κ2) is 6.96. The van der Waals surface area contributed by atoms with Gasteiger partial charge in [-0.2, -0.15) is 0 Å². The number of hydrogen-bond acceptors (Lipinski definition) is 3. The predicted octanol–water partition coefficient (Wildman–Crippen LogP) is 3.23. The molecule has 0 atom stereocenters. The van der Waals surface area contributed by atoms with Gasteiger partial charge in [0.25, 0.3) is 0 Å².